The second-order valence-corrected chi connectivity index (χ2v) is 4.71. The van der Waals surface area contributed by atoms with E-state index < -0.39 is 0 Å². The molecule has 1 rings (SSSR count). The van der Waals surface area contributed by atoms with Gasteiger partial charge in [0.05, 0.1) is 6.04 Å². The van der Waals surface area contributed by atoms with Crippen LogP contribution in [0, 0.1) is 0 Å². The average molecular weight is 249 g/mol. The number of carbonyl (C=O) groups excluding carboxylic acids is 1. The Morgan fingerprint density at radius 2 is 2.11 bits per heavy atom. The number of hydrogen-bond acceptors (Lipinski definition) is 3. The van der Waals surface area contributed by atoms with E-state index in [-0.39, 0.29) is 11.9 Å². The van der Waals surface area contributed by atoms with Crippen LogP contribution in [0.2, 0.25) is 0 Å². The molecule has 2 unspecified atom stereocenters. The van der Waals surface area contributed by atoms with Gasteiger partial charge in [-0.2, -0.15) is 0 Å². The van der Waals surface area contributed by atoms with Gasteiger partial charge in [0.15, 0.2) is 0 Å². The molecular weight excluding hydrogens is 226 g/mol. The van der Waals surface area contributed by atoms with Gasteiger partial charge in [0, 0.05) is 17.4 Å². The third-order valence-electron chi connectivity index (χ3n) is 3.43. The molecule has 0 saturated heterocycles. The number of benzene rings is 1. The predicted octanol–water partition coefficient (Wildman–Crippen LogP) is 2.33. The van der Waals surface area contributed by atoms with Gasteiger partial charge in [0.1, 0.15) is 0 Å². The Bertz CT molecular complexity index is 406. The summed E-state index contributed by atoms with van der Waals surface area (Å²) in [6.07, 6.45) is 1.02. The number of nitrogens with zero attached hydrogens (tertiary/aromatic N) is 1. The molecule has 1 amide bonds. The molecule has 0 aliphatic heterocycles. The SMILES string of the molecule is CCC(C)N(C)C(C)C(=O)Nc1cccc(N)c1. The van der Waals surface area contributed by atoms with Gasteiger partial charge in [-0.25, -0.2) is 0 Å². The lowest BCUT2D eigenvalue weighted by atomic mass is 10.1. The van der Waals surface area contributed by atoms with Crippen molar-refractivity contribution in [3.05, 3.63) is 24.3 Å². The van der Waals surface area contributed by atoms with Crippen LogP contribution in [0.4, 0.5) is 11.4 Å². The van der Waals surface area contributed by atoms with Crippen LogP contribution in [-0.4, -0.2) is 29.9 Å². The monoisotopic (exact) mass is 249 g/mol. The molecule has 0 saturated carbocycles. The summed E-state index contributed by atoms with van der Waals surface area (Å²) in [5.74, 6) is -0.0107. The quantitative estimate of drug-likeness (QED) is 0.787. The van der Waals surface area contributed by atoms with Crippen molar-refractivity contribution in [2.45, 2.75) is 39.3 Å². The average Bonchev–Trinajstić information content (AvgIpc) is 2.36. The molecule has 0 aromatic heterocycles. The number of carbonyl (C=O) groups is 1. The lowest BCUT2D eigenvalue weighted by Gasteiger charge is -2.29. The van der Waals surface area contributed by atoms with Crippen molar-refractivity contribution < 1.29 is 4.79 Å². The Labute approximate surface area is 109 Å². The third-order valence-corrected chi connectivity index (χ3v) is 3.43. The molecular formula is C14H23N3O. The number of hydrogen-bond donors (Lipinski definition) is 2. The van der Waals surface area contributed by atoms with Crippen molar-refractivity contribution in [2.24, 2.45) is 0 Å². The highest BCUT2D eigenvalue weighted by Gasteiger charge is 2.21. The number of likely N-dealkylation sites (N-methyl/N-ethyl adjacent to an activating group) is 1. The summed E-state index contributed by atoms with van der Waals surface area (Å²) in [4.78, 5) is 14.2. The minimum atomic E-state index is -0.165. The number of nitrogen functional groups attached to an aromatic ring is 1. The van der Waals surface area contributed by atoms with Crippen LogP contribution in [-0.2, 0) is 4.79 Å². The highest BCUT2D eigenvalue weighted by molar-refractivity contribution is 5.94. The van der Waals surface area contributed by atoms with Gasteiger partial charge in [-0.05, 0) is 45.5 Å². The van der Waals surface area contributed by atoms with Gasteiger partial charge in [0.2, 0.25) is 5.91 Å². The lowest BCUT2D eigenvalue weighted by Crippen LogP contribution is -2.44. The van der Waals surface area contributed by atoms with E-state index in [9.17, 15) is 4.79 Å². The largest absolute Gasteiger partial charge is 0.399 e. The zero-order chi connectivity index (χ0) is 13.7. The predicted molar refractivity (Wildman–Crippen MR) is 76.5 cm³/mol. The van der Waals surface area contributed by atoms with E-state index >= 15 is 0 Å². The maximum absolute atomic E-state index is 12.1. The first-order valence-electron chi connectivity index (χ1n) is 6.34. The van der Waals surface area contributed by atoms with Crippen molar-refractivity contribution in [2.75, 3.05) is 18.1 Å². The smallest absolute Gasteiger partial charge is 0.241 e. The van der Waals surface area contributed by atoms with E-state index in [0.717, 1.165) is 12.1 Å². The van der Waals surface area contributed by atoms with E-state index in [0.29, 0.717) is 11.7 Å². The molecule has 0 radical (unpaired) electrons. The molecule has 0 spiro atoms. The molecule has 0 aliphatic carbocycles. The Morgan fingerprint density at radius 3 is 2.67 bits per heavy atom. The number of anilines is 2. The fraction of sp³-hybridized carbons (Fsp3) is 0.500. The maximum Gasteiger partial charge on any atom is 0.241 e. The van der Waals surface area contributed by atoms with Gasteiger partial charge in [-0.1, -0.05) is 13.0 Å². The van der Waals surface area contributed by atoms with Crippen LogP contribution in [0.1, 0.15) is 27.2 Å². The molecule has 1 aromatic carbocycles. The molecule has 0 fully saturated rings. The van der Waals surface area contributed by atoms with E-state index in [1.54, 1.807) is 12.1 Å². The summed E-state index contributed by atoms with van der Waals surface area (Å²) in [5, 5.41) is 2.88. The Hall–Kier alpha value is -1.55. The van der Waals surface area contributed by atoms with Crippen LogP contribution in [0.3, 0.4) is 0 Å². The topological polar surface area (TPSA) is 58.4 Å². The van der Waals surface area contributed by atoms with Crippen molar-refractivity contribution in [1.82, 2.24) is 4.90 Å². The summed E-state index contributed by atoms with van der Waals surface area (Å²) >= 11 is 0. The van der Waals surface area contributed by atoms with Crippen molar-refractivity contribution >= 4 is 17.3 Å². The van der Waals surface area contributed by atoms with E-state index in [1.807, 2.05) is 26.1 Å². The van der Waals surface area contributed by atoms with E-state index in [2.05, 4.69) is 24.1 Å². The van der Waals surface area contributed by atoms with Crippen molar-refractivity contribution in [3.8, 4) is 0 Å². The summed E-state index contributed by atoms with van der Waals surface area (Å²) in [6, 6.07) is 7.43. The number of amides is 1. The molecule has 0 bridgehead atoms. The Kier molecular flexibility index (Phi) is 5.16. The first kappa shape index (κ1) is 14.5. The zero-order valence-corrected chi connectivity index (χ0v) is 11.6. The van der Waals surface area contributed by atoms with Gasteiger partial charge >= 0.3 is 0 Å². The number of nitrogens with two attached hydrogens (primary N) is 1. The van der Waals surface area contributed by atoms with Crippen molar-refractivity contribution in [1.29, 1.82) is 0 Å². The molecule has 1 aromatic rings. The normalized spacial score (nSPS) is 14.3. The highest BCUT2D eigenvalue weighted by atomic mass is 16.2. The fourth-order valence-electron chi connectivity index (χ4n) is 1.72. The Balaban J connectivity index is 2.65. The molecule has 100 valence electrons. The van der Waals surface area contributed by atoms with Crippen LogP contribution >= 0.6 is 0 Å². The first-order chi connectivity index (χ1) is 8.45. The summed E-state index contributed by atoms with van der Waals surface area (Å²) in [5.41, 5.74) is 7.07. The van der Waals surface area contributed by atoms with E-state index in [1.165, 1.54) is 0 Å². The van der Waals surface area contributed by atoms with Crippen LogP contribution < -0.4 is 11.1 Å². The fourth-order valence-corrected chi connectivity index (χ4v) is 1.72. The molecule has 0 heterocycles. The van der Waals surface area contributed by atoms with E-state index in [4.69, 9.17) is 5.73 Å². The highest BCUT2D eigenvalue weighted by Crippen LogP contribution is 2.13. The standard InChI is InChI=1S/C14H23N3O/c1-5-10(2)17(4)11(3)14(18)16-13-8-6-7-12(15)9-13/h6-11H,5,15H2,1-4H3,(H,16,18). The van der Waals surface area contributed by atoms with Crippen LogP contribution in [0.25, 0.3) is 0 Å². The summed E-state index contributed by atoms with van der Waals surface area (Å²) in [7, 11) is 1.97. The first-order valence-corrected chi connectivity index (χ1v) is 6.34. The zero-order valence-electron chi connectivity index (χ0n) is 11.6. The maximum atomic E-state index is 12.1. The second kappa shape index (κ2) is 6.40. The molecule has 4 nitrogen and oxygen atoms in total. The lowest BCUT2D eigenvalue weighted by molar-refractivity contribution is -0.120. The molecule has 3 N–H and O–H groups in total. The van der Waals surface area contributed by atoms with Crippen molar-refractivity contribution in [3.63, 3.8) is 0 Å². The van der Waals surface area contributed by atoms with Crippen LogP contribution in [0.15, 0.2) is 24.3 Å². The number of rotatable bonds is 5. The Morgan fingerprint density at radius 1 is 1.44 bits per heavy atom. The molecule has 0 aliphatic rings. The van der Waals surface area contributed by atoms with Gasteiger partial charge in [-0.15, -0.1) is 0 Å². The minimum Gasteiger partial charge on any atom is -0.399 e. The summed E-state index contributed by atoms with van der Waals surface area (Å²) < 4.78 is 0. The molecule has 4 heteroatoms. The number of nitrogens with one attached hydrogen (secondary N) is 1. The van der Waals surface area contributed by atoms with Gasteiger partial charge < -0.3 is 11.1 Å². The third kappa shape index (κ3) is 3.74. The minimum absolute atomic E-state index is 0.0107. The summed E-state index contributed by atoms with van der Waals surface area (Å²) in [6.45, 7) is 6.14. The van der Waals surface area contributed by atoms with Crippen LogP contribution in [0.5, 0.6) is 0 Å². The second-order valence-electron chi connectivity index (χ2n) is 4.71. The molecule has 18 heavy (non-hydrogen) atoms. The van der Waals surface area contributed by atoms with Gasteiger partial charge in [-0.3, -0.25) is 9.69 Å². The molecule has 2 atom stereocenters. The van der Waals surface area contributed by atoms with Gasteiger partial charge in [0.25, 0.3) is 0 Å².